The van der Waals surface area contributed by atoms with Crippen molar-refractivity contribution in [2.24, 2.45) is 0 Å². The minimum absolute atomic E-state index is 0.447. The van der Waals surface area contributed by atoms with Gasteiger partial charge < -0.3 is 25.9 Å². The number of non-ortho nitro benzene ring substituents is 1. The average Bonchev–Trinajstić information content (AvgIpc) is 2.51. The lowest BCUT2D eigenvalue weighted by atomic mass is 10.2. The molecule has 0 saturated heterocycles. The Balaban J connectivity index is -0.000000200. The minimum atomic E-state index is -1.50. The molecule has 0 aliphatic heterocycles. The van der Waals surface area contributed by atoms with Crippen molar-refractivity contribution in [2.75, 3.05) is 0 Å². The van der Waals surface area contributed by atoms with Crippen LogP contribution in [-0.4, -0.2) is 61.1 Å². The van der Waals surface area contributed by atoms with Crippen molar-refractivity contribution in [3.8, 4) is 5.75 Å². The molecule has 5 N–H and O–H groups in total. The quantitative estimate of drug-likeness (QED) is 0.273. The second kappa shape index (κ2) is 17.1. The second-order valence-corrected chi connectivity index (χ2v) is 3.56. The zero-order valence-corrected chi connectivity index (χ0v) is 14.2. The van der Waals surface area contributed by atoms with E-state index in [-0.39, 0.29) is 0 Å². The molecule has 0 aliphatic rings. The summed E-state index contributed by atoms with van der Waals surface area (Å²) in [6.07, 6.45) is 0. The molecule has 0 spiro atoms. The van der Waals surface area contributed by atoms with Crippen LogP contribution in [-0.2, 0) is 0 Å². The predicted octanol–water partition coefficient (Wildman–Crippen LogP) is -0.274. The molecule has 0 radical (unpaired) electrons. The van der Waals surface area contributed by atoms with Crippen molar-refractivity contribution in [1.82, 2.24) is 0 Å². The molecule has 180 valence electrons. The van der Waals surface area contributed by atoms with E-state index in [4.69, 9.17) is 66.4 Å². The Bertz CT molecular complexity index is 752. The molecule has 0 heterocycles. The van der Waals surface area contributed by atoms with Crippen LogP contribution in [0, 0.1) is 70.8 Å². The average molecular weight is 481 g/mol. The summed E-state index contributed by atoms with van der Waals surface area (Å²) in [4.78, 5) is 61.2. The smallest absolute Gasteiger partial charge is 0.324 e. The minimum Gasteiger partial charge on any atom is -0.497 e. The lowest BCUT2D eigenvalue weighted by Gasteiger charge is -1.97. The van der Waals surface area contributed by atoms with Crippen molar-refractivity contribution in [3.05, 3.63) is 82.9 Å². The third kappa shape index (κ3) is 26.3. The number of nitro benzene ring substituents is 3. The Hall–Kier alpha value is -5.98. The highest BCUT2D eigenvalue weighted by molar-refractivity contribution is 5.64. The van der Waals surface area contributed by atoms with Crippen LogP contribution >= 0.6 is 0 Å². The molecule has 0 amide bonds. The van der Waals surface area contributed by atoms with Crippen LogP contribution in [0.4, 0.5) is 17.1 Å². The van der Waals surface area contributed by atoms with Crippen LogP contribution in [0.5, 0.6) is 5.75 Å². The first-order valence-corrected chi connectivity index (χ1v) is 5.91. The van der Waals surface area contributed by atoms with E-state index in [2.05, 4.69) is 0 Å². The Morgan fingerprint density at radius 3 is 0.812 bits per heavy atom. The highest BCUT2D eigenvalue weighted by atomic mass is 16.9. The Kier molecular flexibility index (Phi) is 18.0. The van der Waals surface area contributed by atoms with Crippen molar-refractivity contribution in [3.63, 3.8) is 0 Å². The van der Waals surface area contributed by atoms with Gasteiger partial charge in [-0.2, -0.15) is 0 Å². The molecule has 0 saturated carbocycles. The lowest BCUT2D eigenvalue weighted by Crippen LogP contribution is -1.97. The van der Waals surface area contributed by atoms with E-state index in [1.54, 1.807) is 0 Å². The highest BCUT2D eigenvalue weighted by Crippen LogP contribution is 2.38. The Morgan fingerprint density at radius 2 is 0.688 bits per heavy atom. The van der Waals surface area contributed by atoms with Crippen LogP contribution in [0.15, 0.2) is 12.1 Å². The Morgan fingerprint density at radius 1 is 0.500 bits per heavy atom. The van der Waals surface area contributed by atoms with Gasteiger partial charge in [-0.25, -0.2) is 0 Å². The van der Waals surface area contributed by atoms with Crippen LogP contribution in [0.25, 0.3) is 0 Å². The standard InChI is InChI=1S/C6H3N3O7.4HNO3/c10-6-4(8(13)14)1-3(7(11)12)2-5(6)9(15)16;4*2-1(3)4/h1-2,10H;4*(H,2,3,4). The summed E-state index contributed by atoms with van der Waals surface area (Å²) in [6, 6.07) is 0.894. The number of benzene rings is 1. The molecular formula is C6H7N7O19. The topological polar surface area (TPSA) is 403 Å². The number of nitrogens with zero attached hydrogens (tertiary/aromatic N) is 7. The van der Waals surface area contributed by atoms with E-state index in [0.29, 0.717) is 12.1 Å². The summed E-state index contributed by atoms with van der Waals surface area (Å²) in [5.41, 5.74) is -3.00. The fourth-order valence-corrected chi connectivity index (χ4v) is 0.974. The van der Waals surface area contributed by atoms with E-state index in [0.717, 1.165) is 0 Å². The maximum absolute atomic E-state index is 10.4. The molecule has 0 aromatic heterocycles. The number of hydrogen-bond donors (Lipinski definition) is 5. The van der Waals surface area contributed by atoms with Gasteiger partial charge in [0, 0.05) is 0 Å². The van der Waals surface area contributed by atoms with Gasteiger partial charge in [-0.1, -0.05) is 0 Å². The van der Waals surface area contributed by atoms with Crippen molar-refractivity contribution >= 4 is 17.1 Å². The first kappa shape index (κ1) is 33.6. The van der Waals surface area contributed by atoms with Gasteiger partial charge in [0.05, 0.1) is 26.9 Å². The molecule has 32 heavy (non-hydrogen) atoms. The van der Waals surface area contributed by atoms with Gasteiger partial charge in [-0.05, 0) is 0 Å². The fourth-order valence-electron chi connectivity index (χ4n) is 0.974. The van der Waals surface area contributed by atoms with Gasteiger partial charge in [0.2, 0.25) is 0 Å². The Labute approximate surface area is 168 Å². The number of hydrogen-bond acceptors (Lipinski definition) is 15. The number of aromatic hydroxyl groups is 1. The van der Waals surface area contributed by atoms with E-state index < -0.39 is 57.9 Å². The zero-order valence-electron chi connectivity index (χ0n) is 14.2. The van der Waals surface area contributed by atoms with Crippen molar-refractivity contribution < 1.29 is 61.1 Å². The normalized spacial score (nSPS) is 7.88. The first-order chi connectivity index (χ1) is 14.3. The third-order valence-electron chi connectivity index (χ3n) is 1.66. The summed E-state index contributed by atoms with van der Waals surface area (Å²) >= 11 is 0. The second-order valence-electron chi connectivity index (χ2n) is 3.56. The molecule has 0 aliphatic carbocycles. The van der Waals surface area contributed by atoms with Crippen LogP contribution in [0.3, 0.4) is 0 Å². The number of phenolic OH excluding ortho intramolecular Hbond substituents is 1. The van der Waals surface area contributed by atoms with Gasteiger partial charge >= 0.3 is 11.4 Å². The van der Waals surface area contributed by atoms with Crippen molar-refractivity contribution in [1.29, 1.82) is 0 Å². The highest BCUT2D eigenvalue weighted by Gasteiger charge is 2.30. The first-order valence-electron chi connectivity index (χ1n) is 5.91. The molecule has 1 aromatic rings. The molecule has 0 bridgehead atoms. The van der Waals surface area contributed by atoms with Gasteiger partial charge in [0.1, 0.15) is 0 Å². The van der Waals surface area contributed by atoms with Crippen molar-refractivity contribution in [2.45, 2.75) is 0 Å². The maximum atomic E-state index is 10.4. The van der Waals surface area contributed by atoms with Gasteiger partial charge in [-0.3, -0.25) is 30.3 Å². The molecule has 1 aromatic carbocycles. The summed E-state index contributed by atoms with van der Waals surface area (Å²) < 4.78 is 0. The van der Waals surface area contributed by atoms with Crippen LogP contribution < -0.4 is 0 Å². The zero-order chi connectivity index (χ0) is 26.8. The van der Waals surface area contributed by atoms with E-state index in [1.807, 2.05) is 0 Å². The molecule has 1 rings (SSSR count). The summed E-state index contributed by atoms with van der Waals surface area (Å²) in [5, 5.41) is 94.8. The van der Waals surface area contributed by atoms with Crippen LogP contribution in [0.1, 0.15) is 0 Å². The molecule has 26 heteroatoms. The van der Waals surface area contributed by atoms with Crippen LogP contribution in [0.2, 0.25) is 0 Å². The van der Waals surface area contributed by atoms with E-state index >= 15 is 0 Å². The fraction of sp³-hybridized carbons (Fsp3) is 0. The van der Waals surface area contributed by atoms with E-state index in [9.17, 15) is 30.3 Å². The number of nitro groups is 3. The lowest BCUT2D eigenvalue weighted by molar-refractivity contribution is -0.742. The molecule has 0 unspecified atom stereocenters. The van der Waals surface area contributed by atoms with Gasteiger partial charge in [0.15, 0.2) is 0 Å². The molecule has 0 atom stereocenters. The molecule has 26 nitrogen and oxygen atoms in total. The SMILES string of the molecule is O=[N+]([O-])O.O=[N+]([O-])O.O=[N+]([O-])O.O=[N+]([O-])O.O=[N+]([O-])c1cc([N+](=O)[O-])c(O)c([N+](=O)[O-])c1. The predicted molar refractivity (Wildman–Crippen MR) is 83.2 cm³/mol. The summed E-state index contributed by atoms with van der Waals surface area (Å²) in [7, 11) is 0. The third-order valence-corrected chi connectivity index (χ3v) is 1.66. The summed E-state index contributed by atoms with van der Waals surface area (Å²) in [5.74, 6) is -1.21. The molecule has 0 fully saturated rings. The number of rotatable bonds is 3. The number of phenols is 1. The maximum Gasteiger partial charge on any atom is 0.324 e. The monoisotopic (exact) mass is 481 g/mol. The molecular weight excluding hydrogens is 474 g/mol. The summed E-state index contributed by atoms with van der Waals surface area (Å²) in [6.45, 7) is 0. The van der Waals surface area contributed by atoms with Gasteiger partial charge in [0.25, 0.3) is 31.8 Å². The van der Waals surface area contributed by atoms with Gasteiger partial charge in [-0.15, -0.1) is 40.5 Å². The largest absolute Gasteiger partial charge is 0.497 e. The van der Waals surface area contributed by atoms with E-state index in [1.165, 1.54) is 0 Å².